The third-order valence-corrected chi connectivity index (χ3v) is 7.64. The summed E-state index contributed by atoms with van der Waals surface area (Å²) in [7, 11) is 0. The number of rotatable bonds is 11. The van der Waals surface area contributed by atoms with Gasteiger partial charge in [-0.05, 0) is 29.9 Å². The van der Waals surface area contributed by atoms with Gasteiger partial charge in [-0.2, -0.15) is 0 Å². The number of hydrogen-bond donors (Lipinski definition) is 4. The number of thiazole rings is 1. The lowest BCUT2D eigenvalue weighted by Crippen LogP contribution is -2.56. The molecule has 1 aliphatic rings. The number of nitrogens with zero attached hydrogens (tertiary/aromatic N) is 2. The van der Waals surface area contributed by atoms with Crippen molar-refractivity contribution in [3.63, 3.8) is 0 Å². The second kappa shape index (κ2) is 12.5. The first-order chi connectivity index (χ1) is 17.9. The van der Waals surface area contributed by atoms with Crippen LogP contribution in [0.1, 0.15) is 57.7 Å². The third kappa shape index (κ3) is 7.64. The number of carbonyl (C=O) groups is 3. The minimum atomic E-state index is -0.966. The highest BCUT2D eigenvalue weighted by Crippen LogP contribution is 2.29. The van der Waals surface area contributed by atoms with Crippen molar-refractivity contribution in [3.05, 3.63) is 53.3 Å². The fourth-order valence-electron chi connectivity index (χ4n) is 4.52. The van der Waals surface area contributed by atoms with Crippen molar-refractivity contribution in [2.45, 2.75) is 78.1 Å². The standard InChI is InChI=1S/C28H38N4O5S/c1-17(29-14-19-9-11-20(12-10-19)25-18(2)30-16-38-25)22-13-21(33)15-32(22)27(37)26(28(3,4)5)31-23(34)7-6-8-24(35)36/h9-12,16,21-22,26,29,33H,1,6-8,13-15H2,2-5H3,(H,31,34)(H,35,36)/t21-,22+,26-/m1/s1. The maximum Gasteiger partial charge on any atom is 0.303 e. The molecule has 9 nitrogen and oxygen atoms in total. The summed E-state index contributed by atoms with van der Waals surface area (Å²) < 4.78 is 0. The van der Waals surface area contributed by atoms with Crippen LogP contribution in [0.25, 0.3) is 10.4 Å². The molecule has 1 fully saturated rings. The SMILES string of the molecule is C=C(NCc1ccc(-c2scnc2C)cc1)[C@@H]1C[C@@H](O)CN1C(=O)[C@@H](NC(=O)CCCC(=O)O)C(C)(C)C. The number of aliphatic carboxylic acids is 1. The highest BCUT2D eigenvalue weighted by Gasteiger charge is 2.42. The van der Waals surface area contributed by atoms with E-state index in [9.17, 15) is 19.5 Å². The number of nitrogens with one attached hydrogen (secondary N) is 2. The molecule has 10 heteroatoms. The summed E-state index contributed by atoms with van der Waals surface area (Å²) in [6.07, 6.45) is -0.237. The number of hydrogen-bond acceptors (Lipinski definition) is 7. The number of carboxylic acids is 1. The van der Waals surface area contributed by atoms with Crippen molar-refractivity contribution in [3.8, 4) is 10.4 Å². The van der Waals surface area contributed by atoms with E-state index in [2.05, 4.69) is 34.3 Å². The summed E-state index contributed by atoms with van der Waals surface area (Å²) in [6.45, 7) is 12.4. The molecular weight excluding hydrogens is 504 g/mol. The smallest absolute Gasteiger partial charge is 0.303 e. The number of β-amino-alcohol motifs (C(OH)–C–C–N with tert-alkyl or cyclic N) is 1. The first-order valence-corrected chi connectivity index (χ1v) is 13.7. The van der Waals surface area contributed by atoms with E-state index in [-0.39, 0.29) is 37.6 Å². The third-order valence-electron chi connectivity index (χ3n) is 6.66. The van der Waals surface area contributed by atoms with Crippen LogP contribution >= 0.6 is 11.3 Å². The molecule has 1 aliphatic heterocycles. The van der Waals surface area contributed by atoms with Gasteiger partial charge in [-0.3, -0.25) is 14.4 Å². The Morgan fingerprint density at radius 1 is 1.21 bits per heavy atom. The van der Waals surface area contributed by atoms with E-state index in [0.29, 0.717) is 18.7 Å². The molecule has 2 heterocycles. The van der Waals surface area contributed by atoms with Crippen LogP contribution in [0.5, 0.6) is 0 Å². The van der Waals surface area contributed by atoms with Crippen molar-refractivity contribution in [1.29, 1.82) is 0 Å². The van der Waals surface area contributed by atoms with Gasteiger partial charge >= 0.3 is 5.97 Å². The van der Waals surface area contributed by atoms with Crippen LogP contribution < -0.4 is 10.6 Å². The number of benzene rings is 1. The molecule has 0 unspecified atom stereocenters. The van der Waals surface area contributed by atoms with Gasteiger partial charge in [0.2, 0.25) is 11.8 Å². The normalized spacial score (nSPS) is 18.2. The molecule has 1 aromatic carbocycles. The molecule has 3 rings (SSSR count). The molecular formula is C28H38N4O5S. The van der Waals surface area contributed by atoms with Gasteiger partial charge in [0, 0.05) is 38.0 Å². The van der Waals surface area contributed by atoms with E-state index < -0.39 is 29.6 Å². The van der Waals surface area contributed by atoms with Crippen molar-refractivity contribution >= 4 is 29.1 Å². The molecule has 4 N–H and O–H groups in total. The number of aryl methyl sites for hydroxylation is 1. The Balaban J connectivity index is 1.64. The zero-order valence-electron chi connectivity index (χ0n) is 22.5. The van der Waals surface area contributed by atoms with Crippen LogP contribution in [0.15, 0.2) is 42.1 Å². The van der Waals surface area contributed by atoms with Crippen LogP contribution in [-0.2, 0) is 20.9 Å². The minimum Gasteiger partial charge on any atom is -0.481 e. The first-order valence-electron chi connectivity index (χ1n) is 12.8. The molecule has 3 atom stereocenters. The number of amides is 2. The predicted octanol–water partition coefficient (Wildman–Crippen LogP) is 3.47. The lowest BCUT2D eigenvalue weighted by molar-refractivity contribution is -0.140. The van der Waals surface area contributed by atoms with Gasteiger partial charge in [0.25, 0.3) is 0 Å². The molecule has 0 bridgehead atoms. The first kappa shape index (κ1) is 29.3. The van der Waals surface area contributed by atoms with Gasteiger partial charge in [0.1, 0.15) is 6.04 Å². The molecule has 206 valence electrons. The topological polar surface area (TPSA) is 132 Å². The number of carbonyl (C=O) groups excluding carboxylic acids is 2. The molecule has 1 aromatic heterocycles. The number of aromatic nitrogens is 1. The number of carboxylic acid groups (broad SMARTS) is 1. The van der Waals surface area contributed by atoms with Gasteiger partial charge in [-0.15, -0.1) is 11.3 Å². The molecule has 2 aromatic rings. The van der Waals surface area contributed by atoms with Crippen molar-refractivity contribution in [2.24, 2.45) is 5.41 Å². The van der Waals surface area contributed by atoms with E-state index in [1.807, 2.05) is 45.3 Å². The van der Waals surface area contributed by atoms with E-state index >= 15 is 0 Å². The summed E-state index contributed by atoms with van der Waals surface area (Å²) in [5, 5.41) is 25.4. The second-order valence-electron chi connectivity index (χ2n) is 10.9. The van der Waals surface area contributed by atoms with Crippen LogP contribution in [-0.4, -0.2) is 62.6 Å². The fourth-order valence-corrected chi connectivity index (χ4v) is 5.33. The van der Waals surface area contributed by atoms with Gasteiger partial charge in [0.05, 0.1) is 28.2 Å². The zero-order valence-corrected chi connectivity index (χ0v) is 23.3. The van der Waals surface area contributed by atoms with Crippen molar-refractivity contribution < 1.29 is 24.6 Å². The van der Waals surface area contributed by atoms with Crippen LogP contribution in [0, 0.1) is 12.3 Å². The number of aliphatic hydroxyl groups excluding tert-OH is 1. The van der Waals surface area contributed by atoms with Gasteiger partial charge in [-0.1, -0.05) is 51.6 Å². The lowest BCUT2D eigenvalue weighted by Gasteiger charge is -2.36. The summed E-state index contributed by atoms with van der Waals surface area (Å²) in [6, 6.07) is 6.94. The van der Waals surface area contributed by atoms with Crippen LogP contribution in [0.2, 0.25) is 0 Å². The lowest BCUT2D eigenvalue weighted by atomic mass is 9.85. The molecule has 2 amide bonds. The molecule has 0 saturated carbocycles. The Hall–Kier alpha value is -3.24. The molecule has 0 radical (unpaired) electrons. The summed E-state index contributed by atoms with van der Waals surface area (Å²) in [4.78, 5) is 44.0. The largest absolute Gasteiger partial charge is 0.481 e. The highest BCUT2D eigenvalue weighted by atomic mass is 32.1. The minimum absolute atomic E-state index is 0.0217. The van der Waals surface area contributed by atoms with E-state index in [1.54, 1.807) is 16.2 Å². The highest BCUT2D eigenvalue weighted by molar-refractivity contribution is 7.13. The Bertz CT molecular complexity index is 1150. The van der Waals surface area contributed by atoms with Gasteiger partial charge in [0.15, 0.2) is 0 Å². The van der Waals surface area contributed by atoms with Crippen molar-refractivity contribution in [2.75, 3.05) is 6.54 Å². The molecule has 0 spiro atoms. The average Bonchev–Trinajstić information content (AvgIpc) is 3.45. The van der Waals surface area contributed by atoms with Gasteiger partial charge < -0.3 is 25.7 Å². The Morgan fingerprint density at radius 3 is 2.47 bits per heavy atom. The monoisotopic (exact) mass is 542 g/mol. The Kier molecular flexibility index (Phi) is 9.67. The van der Waals surface area contributed by atoms with Crippen LogP contribution in [0.3, 0.4) is 0 Å². The summed E-state index contributed by atoms with van der Waals surface area (Å²) in [5.41, 5.74) is 5.03. The van der Waals surface area contributed by atoms with Gasteiger partial charge in [-0.25, -0.2) is 4.98 Å². The maximum atomic E-state index is 13.7. The molecule has 0 aliphatic carbocycles. The van der Waals surface area contributed by atoms with Crippen LogP contribution in [0.4, 0.5) is 0 Å². The number of aliphatic hydroxyl groups is 1. The fraction of sp³-hybridized carbons (Fsp3) is 0.500. The predicted molar refractivity (Wildman–Crippen MR) is 147 cm³/mol. The molecule has 38 heavy (non-hydrogen) atoms. The molecule has 1 saturated heterocycles. The zero-order chi connectivity index (χ0) is 28.0. The average molecular weight is 543 g/mol. The van der Waals surface area contributed by atoms with E-state index in [0.717, 1.165) is 21.7 Å². The van der Waals surface area contributed by atoms with E-state index in [4.69, 9.17) is 5.11 Å². The Morgan fingerprint density at radius 2 is 1.89 bits per heavy atom. The second-order valence-corrected chi connectivity index (χ2v) is 11.7. The summed E-state index contributed by atoms with van der Waals surface area (Å²) in [5.74, 6) is -1.63. The maximum absolute atomic E-state index is 13.7. The number of likely N-dealkylation sites (tertiary alicyclic amines) is 1. The van der Waals surface area contributed by atoms with E-state index in [1.165, 1.54) is 0 Å². The summed E-state index contributed by atoms with van der Waals surface area (Å²) >= 11 is 1.61. The van der Waals surface area contributed by atoms with Crippen molar-refractivity contribution in [1.82, 2.24) is 20.5 Å². The Labute approximate surface area is 228 Å². The quantitative estimate of drug-likeness (QED) is 0.342.